The average molecular weight is 743 g/mol. The van der Waals surface area contributed by atoms with Gasteiger partial charge in [0.15, 0.2) is 0 Å². The van der Waals surface area contributed by atoms with Crippen LogP contribution >= 0.6 is 0 Å². The molecule has 0 aliphatic rings. The number of esters is 2. The van der Waals surface area contributed by atoms with Crippen molar-refractivity contribution in [1.29, 1.82) is 0 Å². The van der Waals surface area contributed by atoms with Crippen LogP contribution in [0.5, 0.6) is 11.5 Å². The molecule has 0 amide bonds. The van der Waals surface area contributed by atoms with Crippen molar-refractivity contribution in [2.24, 2.45) is 0 Å². The number of aryl methyl sites for hydroxylation is 2. The van der Waals surface area contributed by atoms with Gasteiger partial charge in [0.25, 0.3) is 0 Å². The van der Waals surface area contributed by atoms with Gasteiger partial charge >= 0.3 is 17.6 Å². The van der Waals surface area contributed by atoms with Gasteiger partial charge in [-0.1, -0.05) is 119 Å². The lowest BCUT2D eigenvalue weighted by molar-refractivity contribution is -0.144. The molecule has 0 radical (unpaired) electrons. The van der Waals surface area contributed by atoms with Crippen LogP contribution in [0.4, 0.5) is 0 Å². The van der Waals surface area contributed by atoms with Gasteiger partial charge < -0.3 is 19.7 Å². The topological polar surface area (TPSA) is 120 Å². The van der Waals surface area contributed by atoms with Crippen LogP contribution in [0.25, 0.3) is 11.0 Å². The van der Waals surface area contributed by atoms with Crippen molar-refractivity contribution in [1.82, 2.24) is 9.13 Å². The fourth-order valence-corrected chi connectivity index (χ4v) is 6.81. The number of benzene rings is 3. The normalized spacial score (nSPS) is 12.7. The Hall–Kier alpha value is -4.53. The molecule has 0 spiro atoms. The summed E-state index contributed by atoms with van der Waals surface area (Å²) in [5.74, 6) is -0.116. The lowest BCUT2D eigenvalue weighted by atomic mass is 9.78. The van der Waals surface area contributed by atoms with Gasteiger partial charge in [0.2, 0.25) is 0 Å². The van der Waals surface area contributed by atoms with Crippen molar-refractivity contribution in [3.8, 4) is 11.5 Å². The van der Waals surface area contributed by atoms with Crippen molar-refractivity contribution in [2.45, 2.75) is 144 Å². The number of rotatable bonds is 12. The predicted octanol–water partition coefficient (Wildman–Crippen LogP) is 8.76. The van der Waals surface area contributed by atoms with Crippen molar-refractivity contribution >= 4 is 23.0 Å². The minimum absolute atomic E-state index is 0.0307. The van der Waals surface area contributed by atoms with Crippen molar-refractivity contribution < 1.29 is 29.3 Å². The molecule has 4 aromatic rings. The van der Waals surface area contributed by atoms with Crippen LogP contribution in [-0.2, 0) is 66.7 Å². The van der Waals surface area contributed by atoms with E-state index in [0.29, 0.717) is 35.4 Å². The van der Waals surface area contributed by atoms with Crippen LogP contribution in [0, 0.1) is 0 Å². The number of aromatic nitrogens is 2. The van der Waals surface area contributed by atoms with E-state index in [4.69, 9.17) is 9.47 Å². The van der Waals surface area contributed by atoms with Crippen LogP contribution in [0.15, 0.2) is 53.3 Å². The number of aromatic hydroxyl groups is 2. The molecule has 9 heteroatoms. The number of phenols is 2. The molecule has 1 heterocycles. The van der Waals surface area contributed by atoms with Gasteiger partial charge in [-0.25, -0.2) is 4.79 Å². The molecule has 0 saturated carbocycles. The van der Waals surface area contributed by atoms with Gasteiger partial charge in [-0.05, 0) is 80.0 Å². The van der Waals surface area contributed by atoms with Crippen LogP contribution in [-0.4, -0.2) is 44.5 Å². The first-order valence-corrected chi connectivity index (χ1v) is 19.1. The highest BCUT2D eigenvalue weighted by atomic mass is 16.5. The van der Waals surface area contributed by atoms with E-state index in [0.717, 1.165) is 33.4 Å². The molecule has 0 bridgehead atoms. The Labute approximate surface area is 321 Å². The summed E-state index contributed by atoms with van der Waals surface area (Å²) in [6.45, 7) is 25.1. The minimum atomic E-state index is -0.363. The standard InChI is InChI=1S/C45H62N2O7/c1-42(2,3)31-25-29(26-32(39(31)50)43(4,5)6)17-19-37(48)53-23-21-46-35-15-13-14-16-36(35)47(41(46)52)22-24-54-38(49)20-18-30-27-33(44(7,8)9)40(51)34(28-30)45(10,11)12/h13-16,25-28,50-51H,17-24H2,1-12H3. The summed E-state index contributed by atoms with van der Waals surface area (Å²) in [5, 5.41) is 22.1. The highest BCUT2D eigenvalue weighted by Crippen LogP contribution is 2.41. The average Bonchev–Trinajstić information content (AvgIpc) is 3.31. The number of nitrogens with zero attached hydrogens (tertiary/aromatic N) is 2. The first-order valence-electron chi connectivity index (χ1n) is 19.1. The zero-order valence-electron chi connectivity index (χ0n) is 34.6. The van der Waals surface area contributed by atoms with Gasteiger partial charge in [0, 0.05) is 12.8 Å². The fourth-order valence-electron chi connectivity index (χ4n) is 6.81. The van der Waals surface area contributed by atoms with Gasteiger partial charge in [-0.3, -0.25) is 18.7 Å². The number of ether oxygens (including phenoxy) is 2. The highest BCUT2D eigenvalue weighted by molar-refractivity contribution is 5.76. The summed E-state index contributed by atoms with van der Waals surface area (Å²) in [4.78, 5) is 39.3. The molecular weight excluding hydrogens is 681 g/mol. The van der Waals surface area contributed by atoms with E-state index in [1.807, 2.05) is 48.5 Å². The fraction of sp³-hybridized carbons (Fsp3) is 0.533. The number of carbonyl (C=O) groups excluding carboxylic acids is 2. The summed E-state index contributed by atoms with van der Waals surface area (Å²) in [5.41, 5.74) is 5.39. The van der Waals surface area contributed by atoms with Crippen molar-refractivity contribution in [2.75, 3.05) is 13.2 Å². The van der Waals surface area contributed by atoms with Crippen molar-refractivity contribution in [3.05, 3.63) is 92.4 Å². The monoisotopic (exact) mass is 742 g/mol. The maximum Gasteiger partial charge on any atom is 0.329 e. The number of carbonyl (C=O) groups is 2. The molecule has 294 valence electrons. The maximum atomic E-state index is 13.6. The van der Waals surface area contributed by atoms with E-state index < -0.39 is 0 Å². The lowest BCUT2D eigenvalue weighted by Crippen LogP contribution is -2.28. The molecule has 0 atom stereocenters. The molecule has 0 aliphatic heterocycles. The summed E-state index contributed by atoms with van der Waals surface area (Å²) < 4.78 is 14.4. The maximum absolute atomic E-state index is 13.6. The van der Waals surface area contributed by atoms with Gasteiger partial charge in [0.05, 0.1) is 24.1 Å². The van der Waals surface area contributed by atoms with Gasteiger partial charge in [-0.15, -0.1) is 0 Å². The smallest absolute Gasteiger partial charge is 0.329 e. The number of para-hydroxylation sites is 2. The number of imidazole rings is 1. The summed E-state index contributed by atoms with van der Waals surface area (Å²) >= 11 is 0. The van der Waals surface area contributed by atoms with Gasteiger partial charge in [-0.2, -0.15) is 0 Å². The molecule has 0 unspecified atom stereocenters. The van der Waals surface area contributed by atoms with E-state index in [1.54, 1.807) is 9.13 Å². The molecular formula is C45H62N2O7. The molecule has 0 fully saturated rings. The largest absolute Gasteiger partial charge is 0.507 e. The molecule has 0 aliphatic carbocycles. The lowest BCUT2D eigenvalue weighted by Gasteiger charge is -2.28. The first kappa shape index (κ1) is 42.2. The second-order valence-corrected chi connectivity index (χ2v) is 18.6. The van der Waals surface area contributed by atoms with Crippen LogP contribution < -0.4 is 5.69 Å². The SMILES string of the molecule is CC(C)(C)c1cc(CCC(=O)OCCn2c(=O)n(CCOC(=O)CCc3cc(C(C)(C)C)c(O)c(C(C)(C)C)c3)c3ccccc32)cc(C(C)(C)C)c1O. The Morgan fingerprint density at radius 1 is 0.556 bits per heavy atom. The first-order chi connectivity index (χ1) is 24.9. The third-order valence-electron chi connectivity index (χ3n) is 9.89. The highest BCUT2D eigenvalue weighted by Gasteiger charge is 2.28. The zero-order valence-corrected chi connectivity index (χ0v) is 34.6. The Bertz CT molecular complexity index is 1830. The third kappa shape index (κ3) is 10.2. The molecule has 2 N–H and O–H groups in total. The summed E-state index contributed by atoms with van der Waals surface area (Å²) in [7, 11) is 0. The molecule has 1 aromatic heterocycles. The number of hydrogen-bond acceptors (Lipinski definition) is 7. The van der Waals surface area contributed by atoms with Gasteiger partial charge in [0.1, 0.15) is 24.7 Å². The second kappa shape index (κ2) is 16.1. The summed E-state index contributed by atoms with van der Waals surface area (Å²) in [6.07, 6.45) is 1.27. The summed E-state index contributed by atoms with van der Waals surface area (Å²) in [6, 6.07) is 15.3. The third-order valence-corrected chi connectivity index (χ3v) is 9.89. The molecule has 4 rings (SSSR count). The molecule has 0 saturated heterocycles. The Morgan fingerprint density at radius 2 is 0.852 bits per heavy atom. The number of phenolic OH excluding ortho intramolecular Hbond substituents is 2. The van der Waals surface area contributed by atoms with E-state index in [1.165, 1.54) is 0 Å². The Morgan fingerprint density at radius 3 is 1.13 bits per heavy atom. The molecule has 54 heavy (non-hydrogen) atoms. The van der Waals surface area contributed by atoms with E-state index >= 15 is 0 Å². The number of hydrogen-bond donors (Lipinski definition) is 2. The van der Waals surface area contributed by atoms with E-state index in [-0.39, 0.29) is 78.4 Å². The van der Waals surface area contributed by atoms with Crippen LogP contribution in [0.2, 0.25) is 0 Å². The van der Waals surface area contributed by atoms with Crippen LogP contribution in [0.1, 0.15) is 129 Å². The zero-order chi connectivity index (χ0) is 40.4. The van der Waals surface area contributed by atoms with Crippen molar-refractivity contribution in [3.63, 3.8) is 0 Å². The molecule has 9 nitrogen and oxygen atoms in total. The number of fused-ring (bicyclic) bond motifs is 1. The van der Waals surface area contributed by atoms with E-state index in [9.17, 15) is 24.6 Å². The second-order valence-electron chi connectivity index (χ2n) is 18.6. The Kier molecular flexibility index (Phi) is 12.6. The Balaban J connectivity index is 1.36. The van der Waals surface area contributed by atoms with E-state index in [2.05, 4.69) is 83.1 Å². The van der Waals surface area contributed by atoms with Crippen LogP contribution in [0.3, 0.4) is 0 Å². The predicted molar refractivity (Wildman–Crippen MR) is 216 cm³/mol. The minimum Gasteiger partial charge on any atom is -0.507 e. The quantitative estimate of drug-likeness (QED) is 0.139. The molecule has 3 aromatic carbocycles.